The van der Waals surface area contributed by atoms with Crippen LogP contribution in [0.2, 0.25) is 5.02 Å². The van der Waals surface area contributed by atoms with Gasteiger partial charge in [0.25, 0.3) is 0 Å². The van der Waals surface area contributed by atoms with E-state index in [2.05, 4.69) is 9.32 Å². The van der Waals surface area contributed by atoms with Crippen LogP contribution in [-0.4, -0.2) is 8.42 Å². The molecule has 0 aliphatic rings. The first-order valence-corrected chi connectivity index (χ1v) is 5.22. The third-order valence-electron chi connectivity index (χ3n) is 1.29. The number of hydrogen-bond acceptors (Lipinski definition) is 3. The Morgan fingerprint density at radius 1 is 1.46 bits per heavy atom. The summed E-state index contributed by atoms with van der Waals surface area (Å²) in [4.78, 5) is 0. The maximum absolute atomic E-state index is 10.6. The van der Waals surface area contributed by atoms with Crippen LogP contribution in [0.5, 0.6) is 5.75 Å². The highest BCUT2D eigenvalue weighted by molar-refractivity contribution is 7.84. The molecular weight excluding hydrogens is 214 g/mol. The van der Waals surface area contributed by atoms with Gasteiger partial charge < -0.3 is 4.18 Å². The maximum Gasteiger partial charge on any atom is 0.380 e. The molecule has 0 heterocycles. The summed E-state index contributed by atoms with van der Waals surface area (Å²) in [6, 6.07) is 4.77. The van der Waals surface area contributed by atoms with Crippen molar-refractivity contribution in [3.8, 4) is 5.75 Å². The van der Waals surface area contributed by atoms with Crippen molar-refractivity contribution in [2.75, 3.05) is 0 Å². The maximum atomic E-state index is 10.6. The number of benzene rings is 1. The molecule has 0 aliphatic carbocycles. The monoisotopic (exact) mass is 221 g/mol. The van der Waals surface area contributed by atoms with E-state index in [0.29, 0.717) is 0 Å². The van der Waals surface area contributed by atoms with Gasteiger partial charge in [0, 0.05) is 0 Å². The van der Waals surface area contributed by atoms with E-state index in [1.54, 1.807) is 13.0 Å². The number of rotatable bonds is 2. The first-order chi connectivity index (χ1) is 5.88. The van der Waals surface area contributed by atoms with Gasteiger partial charge >= 0.3 is 10.3 Å². The van der Waals surface area contributed by atoms with Crippen LogP contribution >= 0.6 is 11.6 Å². The summed E-state index contributed by atoms with van der Waals surface area (Å²) in [6.07, 6.45) is 0. The molecule has 0 fully saturated rings. The predicted molar refractivity (Wildman–Crippen MR) is 49.9 cm³/mol. The zero-order chi connectivity index (χ0) is 10.1. The van der Waals surface area contributed by atoms with Crippen LogP contribution in [0.1, 0.15) is 5.56 Å². The number of aryl methyl sites for hydroxylation is 1. The van der Waals surface area contributed by atoms with Gasteiger partial charge in [-0.25, -0.2) is 0 Å². The summed E-state index contributed by atoms with van der Waals surface area (Å²) in [5.74, 6) is 0.0455. The van der Waals surface area contributed by atoms with Gasteiger partial charge in [-0.3, -0.25) is 0 Å². The fourth-order valence-corrected chi connectivity index (χ4v) is 1.39. The van der Waals surface area contributed by atoms with Gasteiger partial charge in [-0.1, -0.05) is 17.7 Å². The Hall–Kier alpha value is -0.780. The lowest BCUT2D eigenvalue weighted by Gasteiger charge is -2.04. The van der Waals surface area contributed by atoms with Crippen molar-refractivity contribution in [1.29, 1.82) is 0 Å². The van der Waals surface area contributed by atoms with Crippen LogP contribution < -0.4 is 9.32 Å². The quantitative estimate of drug-likeness (QED) is 0.817. The lowest BCUT2D eigenvalue weighted by Crippen LogP contribution is -2.19. The van der Waals surface area contributed by atoms with Crippen molar-refractivity contribution >= 4 is 21.9 Å². The van der Waals surface area contributed by atoms with E-state index in [4.69, 9.17) is 11.6 Å². The molecule has 6 heteroatoms. The molecule has 0 radical (unpaired) electrons. The molecule has 0 spiro atoms. The average molecular weight is 222 g/mol. The Kier molecular flexibility index (Phi) is 2.80. The summed E-state index contributed by atoms with van der Waals surface area (Å²) < 4.78 is 25.6. The number of nitrogens with two attached hydrogens (primary N) is 1. The highest BCUT2D eigenvalue weighted by atomic mass is 35.5. The van der Waals surface area contributed by atoms with Crippen LogP contribution in [0.3, 0.4) is 0 Å². The molecule has 72 valence electrons. The van der Waals surface area contributed by atoms with E-state index >= 15 is 0 Å². The van der Waals surface area contributed by atoms with Gasteiger partial charge in [-0.15, -0.1) is 0 Å². The van der Waals surface area contributed by atoms with Crippen LogP contribution in [0.15, 0.2) is 18.2 Å². The van der Waals surface area contributed by atoms with E-state index in [1.165, 1.54) is 12.1 Å². The minimum absolute atomic E-state index is 0.0455. The van der Waals surface area contributed by atoms with Crippen molar-refractivity contribution in [1.82, 2.24) is 0 Å². The van der Waals surface area contributed by atoms with Crippen LogP contribution in [0.4, 0.5) is 0 Å². The minimum atomic E-state index is -4.00. The Bertz CT molecular complexity index is 416. The topological polar surface area (TPSA) is 69.4 Å². The van der Waals surface area contributed by atoms with Crippen molar-refractivity contribution in [3.63, 3.8) is 0 Å². The highest BCUT2D eigenvalue weighted by Gasteiger charge is 2.08. The average Bonchev–Trinajstić information content (AvgIpc) is 1.94. The Morgan fingerprint density at radius 3 is 2.62 bits per heavy atom. The van der Waals surface area contributed by atoms with E-state index < -0.39 is 10.3 Å². The van der Waals surface area contributed by atoms with Gasteiger partial charge in [0.1, 0.15) is 0 Å². The smallest absolute Gasteiger partial charge is 0.369 e. The van der Waals surface area contributed by atoms with E-state index in [9.17, 15) is 8.42 Å². The van der Waals surface area contributed by atoms with E-state index in [1.807, 2.05) is 0 Å². The van der Waals surface area contributed by atoms with E-state index in [-0.39, 0.29) is 10.8 Å². The largest absolute Gasteiger partial charge is 0.380 e. The molecule has 1 aromatic carbocycles. The molecule has 0 aromatic heterocycles. The fraction of sp³-hybridized carbons (Fsp3) is 0.143. The molecule has 0 atom stereocenters. The molecule has 0 saturated carbocycles. The second-order valence-corrected chi connectivity index (χ2v) is 4.07. The summed E-state index contributed by atoms with van der Waals surface area (Å²) in [5, 5.41) is 4.89. The molecule has 1 aromatic rings. The second-order valence-electron chi connectivity index (χ2n) is 2.51. The molecule has 0 aliphatic heterocycles. The summed E-state index contributed by atoms with van der Waals surface area (Å²) in [6.45, 7) is 1.78. The third-order valence-corrected chi connectivity index (χ3v) is 2.02. The van der Waals surface area contributed by atoms with Gasteiger partial charge in [-0.2, -0.15) is 13.6 Å². The molecule has 13 heavy (non-hydrogen) atoms. The van der Waals surface area contributed by atoms with Crippen molar-refractivity contribution in [2.45, 2.75) is 6.92 Å². The lowest BCUT2D eigenvalue weighted by molar-refractivity contribution is 0.487. The van der Waals surface area contributed by atoms with Crippen molar-refractivity contribution in [3.05, 3.63) is 28.8 Å². The summed E-state index contributed by atoms with van der Waals surface area (Å²) >= 11 is 5.66. The second kappa shape index (κ2) is 3.53. The molecule has 4 nitrogen and oxygen atoms in total. The van der Waals surface area contributed by atoms with Crippen LogP contribution in [0.25, 0.3) is 0 Å². The highest BCUT2D eigenvalue weighted by Crippen LogP contribution is 2.25. The standard InChI is InChI=1S/C7H8ClNO3S/c1-5-2-3-6(8)7(4-5)12-13(9,10)11/h2-4H,1H3,(H2,9,10,11). The van der Waals surface area contributed by atoms with Crippen LogP contribution in [-0.2, 0) is 10.3 Å². The van der Waals surface area contributed by atoms with E-state index in [0.717, 1.165) is 5.56 Å². The van der Waals surface area contributed by atoms with Gasteiger partial charge in [0.05, 0.1) is 5.02 Å². The fourth-order valence-electron chi connectivity index (χ4n) is 0.800. The molecule has 0 unspecified atom stereocenters. The van der Waals surface area contributed by atoms with Gasteiger partial charge in [0.15, 0.2) is 5.75 Å². The Balaban J connectivity index is 3.08. The SMILES string of the molecule is Cc1ccc(Cl)c(OS(N)(=O)=O)c1. The zero-order valence-corrected chi connectivity index (χ0v) is 8.39. The molecule has 1 rings (SSSR count). The Morgan fingerprint density at radius 2 is 2.08 bits per heavy atom. The van der Waals surface area contributed by atoms with Gasteiger partial charge in [0.2, 0.25) is 0 Å². The molecule has 0 bridgehead atoms. The van der Waals surface area contributed by atoms with Crippen LogP contribution in [0, 0.1) is 6.92 Å². The summed E-state index contributed by atoms with van der Waals surface area (Å²) in [5.41, 5.74) is 0.836. The van der Waals surface area contributed by atoms with Crippen molar-refractivity contribution in [2.24, 2.45) is 5.14 Å². The molecule has 2 N–H and O–H groups in total. The molecule has 0 amide bonds. The zero-order valence-electron chi connectivity index (χ0n) is 6.82. The minimum Gasteiger partial charge on any atom is -0.369 e. The predicted octanol–water partition coefficient (Wildman–Crippen LogP) is 1.23. The van der Waals surface area contributed by atoms with Crippen molar-refractivity contribution < 1.29 is 12.6 Å². The third kappa shape index (κ3) is 3.22. The normalized spacial score (nSPS) is 11.3. The molecule has 0 saturated heterocycles. The Labute approximate surface area is 81.5 Å². The first-order valence-electron chi connectivity index (χ1n) is 3.37. The summed E-state index contributed by atoms with van der Waals surface area (Å²) in [7, 11) is -4.00. The first kappa shape index (κ1) is 10.3. The molecular formula is C7H8ClNO3S. The number of halogens is 1. The van der Waals surface area contributed by atoms with Gasteiger partial charge in [-0.05, 0) is 24.6 Å². The lowest BCUT2D eigenvalue weighted by atomic mass is 10.2. The number of hydrogen-bond donors (Lipinski definition) is 1.